The van der Waals surface area contributed by atoms with Crippen LogP contribution in [0.4, 0.5) is 0 Å². The predicted octanol–water partition coefficient (Wildman–Crippen LogP) is 1.78. The molecule has 0 saturated heterocycles. The van der Waals surface area contributed by atoms with E-state index in [1.54, 1.807) is 6.07 Å². The maximum Gasteiger partial charge on any atom is 0.336 e. The first-order valence-electron chi connectivity index (χ1n) is 6.15. The number of nitrogens with one attached hydrogen (secondary N) is 1. The van der Waals surface area contributed by atoms with E-state index in [0.717, 1.165) is 12.8 Å². The fourth-order valence-corrected chi connectivity index (χ4v) is 3.36. The molecule has 0 aromatic heterocycles. The molecule has 1 atom stereocenters. The number of rotatable bonds is 6. The Morgan fingerprint density at radius 2 is 2.10 bits per heavy atom. The van der Waals surface area contributed by atoms with Crippen LogP contribution in [-0.2, 0) is 15.6 Å². The van der Waals surface area contributed by atoms with Gasteiger partial charge in [0.1, 0.15) is 5.75 Å². The van der Waals surface area contributed by atoms with Crippen molar-refractivity contribution in [3.05, 3.63) is 28.2 Å². The molecule has 1 fully saturated rings. The average Bonchev–Trinajstić information content (AvgIpc) is 3.19. The van der Waals surface area contributed by atoms with Gasteiger partial charge < -0.3 is 10.4 Å². The summed E-state index contributed by atoms with van der Waals surface area (Å²) in [6.07, 6.45) is 2.25. The molecule has 1 aliphatic carbocycles. The van der Waals surface area contributed by atoms with Crippen LogP contribution in [0.2, 0.25) is 0 Å². The highest BCUT2D eigenvalue weighted by atomic mass is 79.9. The van der Waals surface area contributed by atoms with Crippen molar-refractivity contribution in [3.63, 3.8) is 0 Å². The molecular formula is C13H14BrNO4S. The van der Waals surface area contributed by atoms with Gasteiger partial charge in [0.2, 0.25) is 5.91 Å². The number of carboxylic acid groups (broad SMARTS) is 1. The van der Waals surface area contributed by atoms with Gasteiger partial charge in [-0.2, -0.15) is 0 Å². The number of carbonyl (C=O) groups excluding carboxylic acids is 1. The standard InChI is InChI=1S/C13H14BrNO4S/c14-9-3-4-10(13(17)18)11(5-9)20(19)7-12(16)15-6-8-1-2-8/h3-5,8H,1-2,6-7H2,(H,15,16)(H,17,18). The van der Waals surface area contributed by atoms with Crippen LogP contribution in [0.3, 0.4) is 0 Å². The number of halogens is 1. The second kappa shape index (κ2) is 6.49. The third-order valence-electron chi connectivity index (χ3n) is 2.97. The molecule has 1 amide bonds. The number of aromatic carboxylic acids is 1. The van der Waals surface area contributed by atoms with Crippen molar-refractivity contribution in [2.24, 2.45) is 5.92 Å². The molecule has 0 bridgehead atoms. The highest BCUT2D eigenvalue weighted by Gasteiger charge is 2.23. The molecule has 108 valence electrons. The molecule has 5 nitrogen and oxygen atoms in total. The second-order valence-electron chi connectivity index (χ2n) is 4.68. The SMILES string of the molecule is O=C(CS(=O)c1cc(Br)ccc1C(=O)O)NCC1CC1. The third kappa shape index (κ3) is 4.14. The van der Waals surface area contributed by atoms with Gasteiger partial charge in [0.15, 0.2) is 0 Å². The zero-order valence-corrected chi connectivity index (χ0v) is 13.0. The Hall–Kier alpha value is -1.21. The zero-order chi connectivity index (χ0) is 14.7. The Balaban J connectivity index is 2.05. The van der Waals surface area contributed by atoms with Crippen LogP contribution < -0.4 is 5.32 Å². The van der Waals surface area contributed by atoms with Crippen LogP contribution in [0.5, 0.6) is 0 Å². The molecule has 7 heteroatoms. The summed E-state index contributed by atoms with van der Waals surface area (Å²) in [5.41, 5.74) is -0.0403. The Morgan fingerprint density at radius 3 is 2.70 bits per heavy atom. The molecule has 0 heterocycles. The number of hydrogen-bond donors (Lipinski definition) is 2. The van der Waals surface area contributed by atoms with Gasteiger partial charge in [-0.25, -0.2) is 4.79 Å². The summed E-state index contributed by atoms with van der Waals surface area (Å²) in [5, 5.41) is 11.8. The lowest BCUT2D eigenvalue weighted by molar-refractivity contribution is -0.118. The number of benzene rings is 1. The molecule has 1 unspecified atom stereocenters. The molecular weight excluding hydrogens is 346 g/mol. The Morgan fingerprint density at radius 1 is 1.40 bits per heavy atom. The average molecular weight is 360 g/mol. The molecule has 1 aromatic rings. The number of hydrogen-bond acceptors (Lipinski definition) is 3. The van der Waals surface area contributed by atoms with Crippen LogP contribution in [0.15, 0.2) is 27.6 Å². The van der Waals surface area contributed by atoms with E-state index in [2.05, 4.69) is 21.2 Å². The maximum atomic E-state index is 12.2. The number of carbonyl (C=O) groups is 2. The number of carboxylic acids is 1. The van der Waals surface area contributed by atoms with E-state index in [1.807, 2.05) is 0 Å². The highest BCUT2D eigenvalue weighted by Crippen LogP contribution is 2.27. The van der Waals surface area contributed by atoms with Crippen LogP contribution in [0.25, 0.3) is 0 Å². The number of amides is 1. The minimum Gasteiger partial charge on any atom is -0.478 e. The first-order valence-corrected chi connectivity index (χ1v) is 8.26. The minimum absolute atomic E-state index is 0.0403. The molecule has 1 saturated carbocycles. The molecule has 2 rings (SSSR count). The normalized spacial score (nSPS) is 15.7. The summed E-state index contributed by atoms with van der Waals surface area (Å²) in [6, 6.07) is 4.42. The predicted molar refractivity (Wildman–Crippen MR) is 78.1 cm³/mol. The quantitative estimate of drug-likeness (QED) is 0.810. The van der Waals surface area contributed by atoms with Gasteiger partial charge in [0.25, 0.3) is 0 Å². The molecule has 0 radical (unpaired) electrons. The van der Waals surface area contributed by atoms with Crippen molar-refractivity contribution in [2.45, 2.75) is 17.7 Å². The van der Waals surface area contributed by atoms with Crippen molar-refractivity contribution in [3.8, 4) is 0 Å². The fraction of sp³-hybridized carbons (Fsp3) is 0.385. The third-order valence-corrected chi connectivity index (χ3v) is 4.81. The Kier molecular flexibility index (Phi) is 4.93. The van der Waals surface area contributed by atoms with Crippen molar-refractivity contribution in [2.75, 3.05) is 12.3 Å². The van der Waals surface area contributed by atoms with Crippen LogP contribution in [-0.4, -0.2) is 33.5 Å². The van der Waals surface area contributed by atoms with Crippen molar-refractivity contribution in [1.29, 1.82) is 0 Å². The van der Waals surface area contributed by atoms with Crippen molar-refractivity contribution >= 4 is 38.6 Å². The second-order valence-corrected chi connectivity index (χ2v) is 7.02. The first-order chi connectivity index (χ1) is 9.47. The summed E-state index contributed by atoms with van der Waals surface area (Å²) >= 11 is 3.21. The van der Waals surface area contributed by atoms with Crippen LogP contribution in [0, 0.1) is 5.92 Å². The molecule has 20 heavy (non-hydrogen) atoms. The molecule has 1 aliphatic rings. The van der Waals surface area contributed by atoms with Gasteiger partial charge in [0.05, 0.1) is 21.3 Å². The van der Waals surface area contributed by atoms with Gasteiger partial charge in [-0.05, 0) is 37.0 Å². The first kappa shape index (κ1) is 15.2. The van der Waals surface area contributed by atoms with Crippen LogP contribution >= 0.6 is 15.9 Å². The van der Waals surface area contributed by atoms with E-state index in [-0.39, 0.29) is 22.1 Å². The Bertz CT molecular complexity index is 571. The minimum atomic E-state index is -1.67. The summed E-state index contributed by atoms with van der Waals surface area (Å²) < 4.78 is 12.8. The van der Waals surface area contributed by atoms with E-state index in [1.165, 1.54) is 12.1 Å². The summed E-state index contributed by atoms with van der Waals surface area (Å²) in [4.78, 5) is 22.9. The highest BCUT2D eigenvalue weighted by molar-refractivity contribution is 9.10. The lowest BCUT2D eigenvalue weighted by Crippen LogP contribution is -2.30. The lowest BCUT2D eigenvalue weighted by atomic mass is 10.2. The van der Waals surface area contributed by atoms with Crippen molar-refractivity contribution < 1.29 is 18.9 Å². The van der Waals surface area contributed by atoms with Gasteiger partial charge in [-0.3, -0.25) is 9.00 Å². The van der Waals surface area contributed by atoms with Gasteiger partial charge >= 0.3 is 5.97 Å². The maximum absolute atomic E-state index is 12.2. The topological polar surface area (TPSA) is 83.5 Å². The van der Waals surface area contributed by atoms with Crippen molar-refractivity contribution in [1.82, 2.24) is 5.32 Å². The van der Waals surface area contributed by atoms with E-state index in [4.69, 9.17) is 5.11 Å². The van der Waals surface area contributed by atoms with Gasteiger partial charge in [0, 0.05) is 11.0 Å². The van der Waals surface area contributed by atoms with Gasteiger partial charge in [-0.1, -0.05) is 15.9 Å². The van der Waals surface area contributed by atoms with E-state index in [9.17, 15) is 13.8 Å². The lowest BCUT2D eigenvalue weighted by Gasteiger charge is -2.07. The smallest absolute Gasteiger partial charge is 0.336 e. The monoisotopic (exact) mass is 359 g/mol. The van der Waals surface area contributed by atoms with E-state index in [0.29, 0.717) is 16.9 Å². The largest absolute Gasteiger partial charge is 0.478 e. The summed E-state index contributed by atoms with van der Waals surface area (Å²) in [5.74, 6) is -1.14. The Labute approximate surface area is 127 Å². The fourth-order valence-electron chi connectivity index (χ4n) is 1.69. The van der Waals surface area contributed by atoms with Gasteiger partial charge in [-0.15, -0.1) is 0 Å². The molecule has 0 spiro atoms. The van der Waals surface area contributed by atoms with E-state index >= 15 is 0 Å². The summed E-state index contributed by atoms with van der Waals surface area (Å²) in [7, 11) is -1.67. The molecule has 0 aliphatic heterocycles. The zero-order valence-electron chi connectivity index (χ0n) is 10.6. The molecule has 2 N–H and O–H groups in total. The summed E-state index contributed by atoms with van der Waals surface area (Å²) in [6.45, 7) is 0.611. The van der Waals surface area contributed by atoms with Crippen LogP contribution in [0.1, 0.15) is 23.2 Å². The van der Waals surface area contributed by atoms with E-state index < -0.39 is 16.8 Å². The molecule has 1 aromatic carbocycles.